The number of nitrogens with one attached hydrogen (secondary N) is 1. The van der Waals surface area contributed by atoms with Crippen LogP contribution in [-0.2, 0) is 13.0 Å². The molecule has 0 bridgehead atoms. The first-order chi connectivity index (χ1) is 11.7. The molecule has 2 aromatic carbocycles. The third kappa shape index (κ3) is 2.82. The quantitative estimate of drug-likeness (QED) is 0.932. The molecule has 2 aromatic rings. The molecule has 4 nitrogen and oxygen atoms in total. The van der Waals surface area contributed by atoms with E-state index in [1.165, 1.54) is 11.1 Å². The largest absolute Gasteiger partial charge is 0.496 e. The Bertz CT molecular complexity index is 744. The highest BCUT2D eigenvalue weighted by Crippen LogP contribution is 2.36. The number of hydrogen-bond donors (Lipinski definition) is 1. The summed E-state index contributed by atoms with van der Waals surface area (Å²) in [4.78, 5) is 0. The van der Waals surface area contributed by atoms with E-state index in [1.54, 1.807) is 7.11 Å². The summed E-state index contributed by atoms with van der Waals surface area (Å²) in [7, 11) is 1.73. The lowest BCUT2D eigenvalue weighted by Crippen LogP contribution is -2.26. The smallest absolute Gasteiger partial charge is 0.124 e. The fraction of sp³-hybridized carbons (Fsp3) is 0.400. The Morgan fingerprint density at radius 3 is 2.96 bits per heavy atom. The fourth-order valence-electron chi connectivity index (χ4n) is 3.60. The predicted molar refractivity (Wildman–Crippen MR) is 92.9 cm³/mol. The van der Waals surface area contributed by atoms with Crippen molar-refractivity contribution in [2.45, 2.75) is 38.5 Å². The van der Waals surface area contributed by atoms with Crippen molar-refractivity contribution in [1.29, 1.82) is 0 Å². The monoisotopic (exact) mass is 325 g/mol. The lowest BCUT2D eigenvalue weighted by Gasteiger charge is -2.27. The average molecular weight is 325 g/mol. The van der Waals surface area contributed by atoms with Crippen molar-refractivity contribution in [3.63, 3.8) is 0 Å². The van der Waals surface area contributed by atoms with Gasteiger partial charge in [0.15, 0.2) is 0 Å². The van der Waals surface area contributed by atoms with Gasteiger partial charge in [-0.15, -0.1) is 0 Å². The predicted octanol–water partition coefficient (Wildman–Crippen LogP) is 3.63. The summed E-state index contributed by atoms with van der Waals surface area (Å²) in [5.74, 6) is 2.91. The highest BCUT2D eigenvalue weighted by Gasteiger charge is 2.24. The molecule has 0 spiro atoms. The number of para-hydroxylation sites is 1. The van der Waals surface area contributed by atoms with Crippen molar-refractivity contribution < 1.29 is 14.2 Å². The van der Waals surface area contributed by atoms with Crippen LogP contribution in [0.1, 0.15) is 36.1 Å². The Kier molecular flexibility index (Phi) is 4.07. The van der Waals surface area contributed by atoms with Crippen molar-refractivity contribution in [1.82, 2.24) is 5.32 Å². The average Bonchev–Trinajstić information content (AvgIpc) is 2.97. The van der Waals surface area contributed by atoms with Gasteiger partial charge < -0.3 is 19.5 Å². The van der Waals surface area contributed by atoms with E-state index in [0.29, 0.717) is 6.04 Å². The second kappa shape index (κ2) is 6.36. The first-order valence-electron chi connectivity index (χ1n) is 8.56. The maximum atomic E-state index is 5.89. The maximum Gasteiger partial charge on any atom is 0.124 e. The highest BCUT2D eigenvalue weighted by atomic mass is 16.5. The van der Waals surface area contributed by atoms with E-state index in [2.05, 4.69) is 36.5 Å². The molecule has 0 radical (unpaired) electrons. The number of benzene rings is 2. The molecular weight excluding hydrogens is 302 g/mol. The van der Waals surface area contributed by atoms with Gasteiger partial charge in [-0.3, -0.25) is 0 Å². The summed E-state index contributed by atoms with van der Waals surface area (Å²) in [6.45, 7) is 3.59. The van der Waals surface area contributed by atoms with Gasteiger partial charge in [-0.05, 0) is 25.1 Å². The van der Waals surface area contributed by atoms with E-state index in [4.69, 9.17) is 14.2 Å². The van der Waals surface area contributed by atoms with Crippen LogP contribution in [0.3, 0.4) is 0 Å². The van der Waals surface area contributed by atoms with E-state index in [0.717, 1.165) is 48.8 Å². The van der Waals surface area contributed by atoms with Gasteiger partial charge >= 0.3 is 0 Å². The second-order valence-corrected chi connectivity index (χ2v) is 6.51. The second-order valence-electron chi connectivity index (χ2n) is 6.51. The van der Waals surface area contributed by atoms with Crippen LogP contribution in [0.5, 0.6) is 17.2 Å². The summed E-state index contributed by atoms with van der Waals surface area (Å²) < 4.78 is 17.2. The van der Waals surface area contributed by atoms with Crippen LogP contribution in [0.15, 0.2) is 36.4 Å². The van der Waals surface area contributed by atoms with E-state index >= 15 is 0 Å². The van der Waals surface area contributed by atoms with Gasteiger partial charge in [0, 0.05) is 42.1 Å². The molecule has 4 rings (SSSR count). The molecule has 2 atom stereocenters. The third-order valence-corrected chi connectivity index (χ3v) is 4.80. The standard InChI is InChI=1S/C20H23NO3/c1-13-9-14-10-19(22-2)15(11-20(14)24-13)12-21-17-7-8-23-18-6-4-3-5-16(17)18/h3-6,10-11,13,17,21H,7-9,12H2,1-2H3/t13-,17+/m0/s1. The summed E-state index contributed by atoms with van der Waals surface area (Å²) in [5, 5.41) is 3.66. The lowest BCUT2D eigenvalue weighted by molar-refractivity contribution is 0.250. The summed E-state index contributed by atoms with van der Waals surface area (Å²) in [5.41, 5.74) is 3.60. The van der Waals surface area contributed by atoms with Gasteiger partial charge in [0.1, 0.15) is 23.4 Å². The highest BCUT2D eigenvalue weighted by molar-refractivity contribution is 5.49. The number of hydrogen-bond acceptors (Lipinski definition) is 4. The molecule has 0 saturated heterocycles. The van der Waals surface area contributed by atoms with E-state index < -0.39 is 0 Å². The molecule has 0 unspecified atom stereocenters. The van der Waals surface area contributed by atoms with Crippen LogP contribution >= 0.6 is 0 Å². The van der Waals surface area contributed by atoms with Crippen LogP contribution in [0.25, 0.3) is 0 Å². The van der Waals surface area contributed by atoms with Crippen molar-refractivity contribution in [2.75, 3.05) is 13.7 Å². The van der Waals surface area contributed by atoms with Crippen LogP contribution in [0.2, 0.25) is 0 Å². The van der Waals surface area contributed by atoms with Gasteiger partial charge in [0.2, 0.25) is 0 Å². The van der Waals surface area contributed by atoms with Crippen molar-refractivity contribution in [2.24, 2.45) is 0 Å². The topological polar surface area (TPSA) is 39.7 Å². The zero-order valence-corrected chi connectivity index (χ0v) is 14.2. The third-order valence-electron chi connectivity index (χ3n) is 4.80. The Labute approximate surface area is 142 Å². The lowest BCUT2D eigenvalue weighted by atomic mass is 10.00. The van der Waals surface area contributed by atoms with E-state index in [1.807, 2.05) is 12.1 Å². The maximum absolute atomic E-state index is 5.89. The molecule has 0 aromatic heterocycles. The minimum absolute atomic E-state index is 0.246. The number of fused-ring (bicyclic) bond motifs is 2. The summed E-state index contributed by atoms with van der Waals surface area (Å²) in [6.07, 6.45) is 2.17. The summed E-state index contributed by atoms with van der Waals surface area (Å²) in [6, 6.07) is 12.8. The molecule has 4 heteroatoms. The van der Waals surface area contributed by atoms with Crippen LogP contribution < -0.4 is 19.5 Å². The zero-order chi connectivity index (χ0) is 16.5. The van der Waals surface area contributed by atoms with Crippen LogP contribution in [0, 0.1) is 0 Å². The minimum Gasteiger partial charge on any atom is -0.496 e. The Morgan fingerprint density at radius 1 is 1.21 bits per heavy atom. The molecule has 0 aliphatic carbocycles. The van der Waals surface area contributed by atoms with Crippen LogP contribution in [0.4, 0.5) is 0 Å². The van der Waals surface area contributed by atoms with Gasteiger partial charge in [-0.2, -0.15) is 0 Å². The molecule has 2 aliphatic rings. The molecule has 0 saturated carbocycles. The number of methoxy groups -OCH3 is 1. The molecule has 2 aliphatic heterocycles. The molecule has 24 heavy (non-hydrogen) atoms. The molecule has 0 amide bonds. The first kappa shape index (κ1) is 15.3. The van der Waals surface area contributed by atoms with E-state index in [-0.39, 0.29) is 6.10 Å². The number of ether oxygens (including phenoxy) is 3. The van der Waals surface area contributed by atoms with Gasteiger partial charge in [0.05, 0.1) is 13.7 Å². The Morgan fingerprint density at radius 2 is 2.08 bits per heavy atom. The van der Waals surface area contributed by atoms with E-state index in [9.17, 15) is 0 Å². The molecule has 0 fully saturated rings. The first-order valence-corrected chi connectivity index (χ1v) is 8.56. The molecule has 2 heterocycles. The Hall–Kier alpha value is -2.20. The zero-order valence-electron chi connectivity index (χ0n) is 14.2. The SMILES string of the molecule is COc1cc2c(cc1CN[C@@H]1CCOc3ccccc31)O[C@@H](C)C2. The summed E-state index contributed by atoms with van der Waals surface area (Å²) >= 11 is 0. The molecule has 126 valence electrons. The van der Waals surface area contributed by atoms with Crippen LogP contribution in [-0.4, -0.2) is 19.8 Å². The Balaban J connectivity index is 1.54. The van der Waals surface area contributed by atoms with Gasteiger partial charge in [-0.25, -0.2) is 0 Å². The number of rotatable bonds is 4. The van der Waals surface area contributed by atoms with Gasteiger partial charge in [0.25, 0.3) is 0 Å². The molecule has 1 N–H and O–H groups in total. The minimum atomic E-state index is 0.246. The normalized spacial score (nSPS) is 21.4. The van der Waals surface area contributed by atoms with Gasteiger partial charge in [-0.1, -0.05) is 18.2 Å². The fourth-order valence-corrected chi connectivity index (χ4v) is 3.60. The van der Waals surface area contributed by atoms with Crippen molar-refractivity contribution >= 4 is 0 Å². The van der Waals surface area contributed by atoms with Crippen molar-refractivity contribution in [3.8, 4) is 17.2 Å². The van der Waals surface area contributed by atoms with Crippen molar-refractivity contribution in [3.05, 3.63) is 53.1 Å². The molecular formula is C20H23NO3.